The summed E-state index contributed by atoms with van der Waals surface area (Å²) in [6.45, 7) is -2.66. The highest BCUT2D eigenvalue weighted by molar-refractivity contribution is 4.83. The lowest BCUT2D eigenvalue weighted by Gasteiger charge is -2.02. The summed E-state index contributed by atoms with van der Waals surface area (Å²) < 4.78 is 50.5. The number of nitrogens with one attached hydrogen (secondary N) is 1. The van der Waals surface area contributed by atoms with Gasteiger partial charge in [-0.15, -0.1) is 0 Å². The van der Waals surface area contributed by atoms with E-state index < -0.39 is 19.2 Å². The van der Waals surface area contributed by atoms with Crippen LogP contribution in [0.5, 0.6) is 0 Å². The smallest absolute Gasteiger partial charge is 0.159 e. The van der Waals surface area contributed by atoms with Crippen LogP contribution in [-0.2, 0) is 0 Å². The summed E-state index contributed by atoms with van der Waals surface area (Å²) in [6, 6.07) is 0. The zero-order chi connectivity index (χ0) is 10.5. The van der Waals surface area contributed by atoms with Gasteiger partial charge >= 0.3 is 0 Å². The zero-order valence-electron chi connectivity index (χ0n) is 10.1. The second kappa shape index (κ2) is 1.85. The van der Waals surface area contributed by atoms with E-state index in [4.69, 9.17) is 9.64 Å². The Morgan fingerprint density at radius 3 is 3.83 bits per heavy atom. The molecule has 0 aromatic carbocycles. The van der Waals surface area contributed by atoms with E-state index in [1.165, 1.54) is 0 Å². The van der Waals surface area contributed by atoms with Gasteiger partial charge in [-0.25, -0.2) is 0 Å². The molecule has 6 heavy (non-hydrogen) atoms. The Bertz CT molecular complexity index is 245. The molecule has 0 radical (unpaired) electrons. The normalized spacial score (nSPS) is 64.0. The molecule has 1 heterocycles. The maximum atomic E-state index is 7.27. The SMILES string of the molecule is [2H]N1C=CC([2H])([2H])C([2H])([2H])C1([2H])[2H]. The van der Waals surface area contributed by atoms with Crippen molar-refractivity contribution in [3.63, 3.8) is 0 Å². The highest BCUT2D eigenvalue weighted by Gasteiger charge is 1.84. The van der Waals surface area contributed by atoms with Crippen molar-refractivity contribution >= 4 is 0 Å². The third kappa shape index (κ3) is 0.744. The standard InChI is InChI=1S/C5H9N/c1-2-4-6-5-3-1/h2,4,6H,1,3,5H2/i1D2,3D2,5D2/hD. The summed E-state index contributed by atoms with van der Waals surface area (Å²) in [5.74, 6) is 0. The summed E-state index contributed by atoms with van der Waals surface area (Å²) in [7, 11) is 0. The van der Waals surface area contributed by atoms with Crippen molar-refractivity contribution in [2.45, 2.75) is 12.7 Å². The molecule has 0 unspecified atom stereocenters. The van der Waals surface area contributed by atoms with Gasteiger partial charge in [-0.05, 0) is 18.9 Å². The molecule has 1 N–H and O–H groups in total. The van der Waals surface area contributed by atoms with E-state index in [1.54, 1.807) is 0 Å². The topological polar surface area (TPSA) is 12.0 Å². The molecule has 0 bridgehead atoms. The highest BCUT2D eigenvalue weighted by Crippen LogP contribution is 1.91. The number of hydrogen-bond donors (Lipinski definition) is 1. The maximum absolute atomic E-state index is 7.27. The first kappa shape index (κ1) is 0.726. The molecule has 0 aromatic rings. The van der Waals surface area contributed by atoms with Crippen LogP contribution in [0, 0.1) is 0 Å². The van der Waals surface area contributed by atoms with Gasteiger partial charge in [0.05, 0.1) is 0 Å². The van der Waals surface area contributed by atoms with Crippen LogP contribution < -0.4 is 5.31 Å². The van der Waals surface area contributed by atoms with Gasteiger partial charge in [0.15, 0.2) is 1.41 Å². The Kier molecular flexibility index (Phi) is 0.224. The zero-order valence-corrected chi connectivity index (χ0v) is 3.10. The fourth-order valence-electron chi connectivity index (χ4n) is 0.218. The first-order valence-corrected chi connectivity index (χ1v) is 1.60. The second-order valence-corrected chi connectivity index (χ2v) is 0.826. The van der Waals surface area contributed by atoms with Gasteiger partial charge in [-0.2, -0.15) is 0 Å². The minimum atomic E-state index is -2.74. The Morgan fingerprint density at radius 1 is 2.00 bits per heavy atom. The van der Waals surface area contributed by atoms with E-state index in [-0.39, 0.29) is 5.31 Å². The Balaban J connectivity index is 3.22. The molecule has 1 rings (SSSR count). The molecular formula is C5H9N. The number of hydrogen-bond acceptors (Lipinski definition) is 1. The monoisotopic (exact) mass is 90.1 g/mol. The number of rotatable bonds is 0. The van der Waals surface area contributed by atoms with E-state index in [0.29, 0.717) is 0 Å². The average molecular weight is 90.2 g/mol. The maximum Gasteiger partial charge on any atom is 0.159 e. The summed E-state index contributed by atoms with van der Waals surface area (Å²) in [5, 5.41) is 0.286. The minimum Gasteiger partial charge on any atom is -0.391 e. The van der Waals surface area contributed by atoms with Gasteiger partial charge in [-0.3, -0.25) is 0 Å². The highest BCUT2D eigenvalue weighted by atomic mass is 14.8. The summed E-state index contributed by atoms with van der Waals surface area (Å²) >= 11 is 0. The fraction of sp³-hybridized carbons (Fsp3) is 0.600. The summed E-state index contributed by atoms with van der Waals surface area (Å²) in [4.78, 5) is 0. The molecule has 0 atom stereocenters. The first-order chi connectivity index (χ1) is 5.63. The van der Waals surface area contributed by atoms with E-state index in [1.807, 2.05) is 0 Å². The van der Waals surface area contributed by atoms with Crippen molar-refractivity contribution in [1.29, 1.82) is 0 Å². The molecular weight excluding hydrogens is 74.1 g/mol. The molecule has 1 aliphatic rings. The molecule has 34 valence electrons. The molecule has 1 heteroatoms. The Hall–Kier alpha value is -0.460. The second-order valence-electron chi connectivity index (χ2n) is 0.826. The molecule has 1 aliphatic heterocycles. The van der Waals surface area contributed by atoms with Crippen molar-refractivity contribution in [3.05, 3.63) is 12.3 Å². The largest absolute Gasteiger partial charge is 0.391 e. The lowest BCUT2D eigenvalue weighted by Crippen LogP contribution is -2.09. The van der Waals surface area contributed by atoms with Gasteiger partial charge in [0, 0.05) is 14.7 Å². The predicted octanol–water partition coefficient (Wildman–Crippen LogP) is 0.883. The molecule has 0 spiro atoms. The van der Waals surface area contributed by atoms with Crippen LogP contribution in [0.2, 0.25) is 1.41 Å². The van der Waals surface area contributed by atoms with Crippen LogP contribution in [0.4, 0.5) is 0 Å². The lowest BCUT2D eigenvalue weighted by atomic mass is 10.2. The third-order valence-electron chi connectivity index (χ3n) is 0.425. The molecule has 0 saturated heterocycles. The molecule has 0 fully saturated rings. The predicted molar refractivity (Wildman–Crippen MR) is 26.4 cm³/mol. The molecule has 0 saturated carbocycles. The summed E-state index contributed by atoms with van der Waals surface area (Å²) in [6.07, 6.45) is -3.40. The quantitative estimate of drug-likeness (QED) is 0.465. The van der Waals surface area contributed by atoms with E-state index in [0.717, 1.165) is 12.3 Å². The van der Waals surface area contributed by atoms with Crippen LogP contribution in [0.1, 0.15) is 21.0 Å². The van der Waals surface area contributed by atoms with E-state index in [9.17, 15) is 0 Å². The van der Waals surface area contributed by atoms with E-state index in [2.05, 4.69) is 0 Å². The van der Waals surface area contributed by atoms with Crippen molar-refractivity contribution in [2.24, 2.45) is 0 Å². The minimum absolute atomic E-state index is 0.286. The van der Waals surface area contributed by atoms with Crippen molar-refractivity contribution in [2.75, 3.05) is 6.50 Å². The van der Waals surface area contributed by atoms with Gasteiger partial charge in [0.1, 0.15) is 0 Å². The van der Waals surface area contributed by atoms with Crippen LogP contribution >= 0.6 is 0 Å². The van der Waals surface area contributed by atoms with E-state index >= 15 is 0 Å². The average Bonchev–Trinajstić information content (AvgIpc) is 1.97. The van der Waals surface area contributed by atoms with Crippen LogP contribution in [-0.4, -0.2) is 6.50 Å². The van der Waals surface area contributed by atoms with Gasteiger partial charge in [0.2, 0.25) is 0 Å². The van der Waals surface area contributed by atoms with Crippen LogP contribution in [0.15, 0.2) is 12.3 Å². The molecule has 1 nitrogen and oxygen atoms in total. The van der Waals surface area contributed by atoms with Gasteiger partial charge in [0.25, 0.3) is 0 Å². The first-order valence-electron chi connectivity index (χ1n) is 5.05. The Morgan fingerprint density at radius 2 is 3.00 bits per heavy atom. The lowest BCUT2D eigenvalue weighted by molar-refractivity contribution is 0.728. The Labute approximate surface area is 47.9 Å². The van der Waals surface area contributed by atoms with Crippen molar-refractivity contribution in [3.8, 4) is 0 Å². The molecule has 0 aliphatic carbocycles. The van der Waals surface area contributed by atoms with Crippen LogP contribution in [0.25, 0.3) is 0 Å². The number of allylic oxidation sites excluding steroid dienone is 1. The fourth-order valence-corrected chi connectivity index (χ4v) is 0.218. The summed E-state index contributed by atoms with van der Waals surface area (Å²) in [5.41, 5.74) is 0. The van der Waals surface area contributed by atoms with Gasteiger partial charge < -0.3 is 5.31 Å². The third-order valence-corrected chi connectivity index (χ3v) is 0.425. The van der Waals surface area contributed by atoms with Gasteiger partial charge in [-0.1, -0.05) is 6.08 Å². The molecule has 0 aromatic heterocycles. The van der Waals surface area contributed by atoms with Crippen molar-refractivity contribution < 1.29 is 9.64 Å². The molecule has 0 amide bonds. The van der Waals surface area contributed by atoms with Crippen LogP contribution in [0.3, 0.4) is 0 Å². The van der Waals surface area contributed by atoms with Crippen molar-refractivity contribution in [1.82, 2.24) is 5.31 Å².